The number of rotatable bonds is 2. The average molecular weight is 518 g/mol. The van der Waals surface area contributed by atoms with Crippen LogP contribution in [-0.4, -0.2) is 38.2 Å². The van der Waals surface area contributed by atoms with Gasteiger partial charge in [0.15, 0.2) is 11.2 Å². The van der Waals surface area contributed by atoms with Crippen LogP contribution in [0.4, 0.5) is 5.69 Å². The van der Waals surface area contributed by atoms with Crippen LogP contribution in [0.25, 0.3) is 50.0 Å². The molecule has 0 spiro atoms. The summed E-state index contributed by atoms with van der Waals surface area (Å²) in [5, 5.41) is 1.12. The quantitative estimate of drug-likeness (QED) is 0.198. The number of hydrogen-bond donors (Lipinski definition) is 0. The maximum Gasteiger partial charge on any atom is 0.244 e. The van der Waals surface area contributed by atoms with Crippen molar-refractivity contribution >= 4 is 50.0 Å². The van der Waals surface area contributed by atoms with E-state index in [4.69, 9.17) is 14.4 Å². The Hall–Kier alpha value is -3.74. The standard InChI is InChI=1S/C28H25N5O.2ClH/c1-31(2)19-10-12-21-25(14-19)33(18-8-6-5-7-9-18)26-17-28-24(16-23(26)29-21)30-22-13-11-20(32(3)4)15-27(22)34-28;;/h5-17H,1-4H3;2*1H/q+2;;/p-2. The van der Waals surface area contributed by atoms with Gasteiger partial charge in [-0.05, 0) is 18.2 Å². The maximum absolute atomic E-state index is 6.37. The Labute approximate surface area is 221 Å². The fourth-order valence-corrected chi connectivity index (χ4v) is 4.37. The minimum atomic E-state index is 0. The van der Waals surface area contributed by atoms with Gasteiger partial charge in [0.2, 0.25) is 22.1 Å². The van der Waals surface area contributed by atoms with E-state index in [-0.39, 0.29) is 24.8 Å². The van der Waals surface area contributed by atoms with Gasteiger partial charge >= 0.3 is 0 Å². The molecule has 4 aromatic carbocycles. The lowest BCUT2D eigenvalue weighted by molar-refractivity contribution is -0.538. The summed E-state index contributed by atoms with van der Waals surface area (Å²) in [6, 6.07) is 26.9. The smallest absolute Gasteiger partial charge is 0.244 e. The molecule has 182 valence electrons. The van der Waals surface area contributed by atoms with Crippen molar-refractivity contribution < 1.29 is 33.8 Å². The number of para-hydroxylation sites is 1. The number of aromatic nitrogens is 3. The maximum atomic E-state index is 6.37. The lowest BCUT2D eigenvalue weighted by Gasteiger charge is -2.12. The molecule has 6 aromatic rings. The third-order valence-corrected chi connectivity index (χ3v) is 6.19. The van der Waals surface area contributed by atoms with Crippen LogP contribution in [0, 0.1) is 0 Å². The van der Waals surface area contributed by atoms with Gasteiger partial charge in [-0.15, -0.1) is 4.57 Å². The normalized spacial score (nSPS) is 10.9. The molecule has 0 fully saturated rings. The number of nitrogens with zero attached hydrogens (tertiary/aromatic N) is 5. The fourth-order valence-electron chi connectivity index (χ4n) is 4.37. The zero-order valence-corrected chi connectivity index (χ0v) is 21.9. The first-order chi connectivity index (χ1) is 16.5. The van der Waals surface area contributed by atoms with Gasteiger partial charge in [-0.1, -0.05) is 18.2 Å². The van der Waals surface area contributed by atoms with Crippen molar-refractivity contribution in [2.75, 3.05) is 33.1 Å². The van der Waals surface area contributed by atoms with Crippen molar-refractivity contribution in [1.29, 1.82) is 0 Å². The van der Waals surface area contributed by atoms with Crippen LogP contribution >= 0.6 is 0 Å². The second-order valence-electron chi connectivity index (χ2n) is 8.92. The zero-order valence-electron chi connectivity index (χ0n) is 20.4. The van der Waals surface area contributed by atoms with E-state index < -0.39 is 0 Å². The van der Waals surface area contributed by atoms with Gasteiger partial charge < -0.3 is 34.1 Å². The van der Waals surface area contributed by atoms with Crippen LogP contribution in [0.15, 0.2) is 83.3 Å². The van der Waals surface area contributed by atoms with Crippen LogP contribution in [-0.2, 0) is 0 Å². The van der Waals surface area contributed by atoms with Crippen molar-refractivity contribution in [3.8, 4) is 5.69 Å². The molecule has 0 unspecified atom stereocenters. The molecular formula is C28H25Cl2N5O. The predicted octanol–water partition coefficient (Wildman–Crippen LogP) is -1.94. The lowest BCUT2D eigenvalue weighted by Crippen LogP contribution is -3.00. The average Bonchev–Trinajstić information content (AvgIpc) is 2.84. The Morgan fingerprint density at radius 2 is 1.36 bits per heavy atom. The first-order valence-electron chi connectivity index (χ1n) is 11.3. The second-order valence-corrected chi connectivity index (χ2v) is 8.92. The van der Waals surface area contributed by atoms with E-state index in [1.54, 1.807) is 0 Å². The van der Waals surface area contributed by atoms with E-state index in [9.17, 15) is 0 Å². The Balaban J connectivity index is 0.00000152. The van der Waals surface area contributed by atoms with E-state index in [0.29, 0.717) is 0 Å². The number of anilines is 1. The topological polar surface area (TPSA) is 49.1 Å². The molecule has 36 heavy (non-hydrogen) atoms. The highest BCUT2D eigenvalue weighted by Gasteiger charge is 2.22. The monoisotopic (exact) mass is 517 g/mol. The summed E-state index contributed by atoms with van der Waals surface area (Å²) < 4.78 is 10.7. The molecule has 8 heteroatoms. The first kappa shape index (κ1) is 25.4. The Kier molecular flexibility index (Phi) is 6.85. The van der Waals surface area contributed by atoms with E-state index in [2.05, 4.69) is 68.6 Å². The Morgan fingerprint density at radius 1 is 0.694 bits per heavy atom. The molecular weight excluding hydrogens is 493 g/mol. The van der Waals surface area contributed by atoms with E-state index in [1.165, 1.54) is 0 Å². The van der Waals surface area contributed by atoms with Crippen LogP contribution in [0.5, 0.6) is 0 Å². The fraction of sp³-hybridized carbons (Fsp3) is 0.143. The van der Waals surface area contributed by atoms with Crippen molar-refractivity contribution in [2.24, 2.45) is 0 Å². The number of hydrogen-bond acceptors (Lipinski definition) is 4. The molecule has 0 saturated heterocycles. The summed E-state index contributed by atoms with van der Waals surface area (Å²) in [5.41, 5.74) is 9.03. The molecule has 0 atom stereocenters. The van der Waals surface area contributed by atoms with Gasteiger partial charge in [0, 0.05) is 50.1 Å². The summed E-state index contributed by atoms with van der Waals surface area (Å²) in [5.74, 6) is 0. The third kappa shape index (κ3) is 4.23. The summed E-state index contributed by atoms with van der Waals surface area (Å²) in [7, 11) is 8.14. The molecule has 0 aliphatic heterocycles. The number of halogens is 2. The van der Waals surface area contributed by atoms with Crippen LogP contribution in [0.1, 0.15) is 0 Å². The summed E-state index contributed by atoms with van der Waals surface area (Å²) in [6.45, 7) is 0. The largest absolute Gasteiger partial charge is 1.00 e. The third-order valence-electron chi connectivity index (χ3n) is 6.19. The molecule has 0 bridgehead atoms. The molecule has 0 N–H and O–H groups in total. The van der Waals surface area contributed by atoms with Gasteiger partial charge in [0.05, 0.1) is 12.1 Å². The molecule has 6 nitrogen and oxygen atoms in total. The van der Waals surface area contributed by atoms with E-state index >= 15 is 0 Å². The number of benzene rings is 4. The van der Waals surface area contributed by atoms with Gasteiger partial charge in [-0.25, -0.2) is 14.5 Å². The van der Waals surface area contributed by atoms with Gasteiger partial charge in [0.25, 0.3) is 0 Å². The predicted molar refractivity (Wildman–Crippen MR) is 137 cm³/mol. The molecule has 0 radical (unpaired) electrons. The molecule has 0 aliphatic carbocycles. The van der Waals surface area contributed by atoms with Crippen LogP contribution < -0.4 is 44.2 Å². The highest BCUT2D eigenvalue weighted by molar-refractivity contribution is 5.94. The summed E-state index contributed by atoms with van der Waals surface area (Å²) in [4.78, 5) is 11.9. The molecule has 0 aliphatic rings. The zero-order chi connectivity index (χ0) is 23.4. The Morgan fingerprint density at radius 3 is 2.08 bits per heavy atom. The molecule has 0 saturated carbocycles. The summed E-state index contributed by atoms with van der Waals surface area (Å²) in [6.07, 6.45) is 0. The number of fused-ring (bicyclic) bond motifs is 4. The lowest BCUT2D eigenvalue weighted by atomic mass is 10.2. The van der Waals surface area contributed by atoms with Gasteiger partial charge in [-0.2, -0.15) is 0 Å². The van der Waals surface area contributed by atoms with E-state index in [0.717, 1.165) is 61.0 Å². The van der Waals surface area contributed by atoms with Crippen molar-refractivity contribution in [3.63, 3.8) is 0 Å². The molecule has 2 aromatic heterocycles. The van der Waals surface area contributed by atoms with Crippen LogP contribution in [0.2, 0.25) is 0 Å². The first-order valence-corrected chi connectivity index (χ1v) is 11.3. The van der Waals surface area contributed by atoms with Gasteiger partial charge in [-0.3, -0.25) is 0 Å². The highest BCUT2D eigenvalue weighted by Crippen LogP contribution is 2.27. The van der Waals surface area contributed by atoms with Crippen molar-refractivity contribution in [1.82, 2.24) is 14.5 Å². The van der Waals surface area contributed by atoms with E-state index in [1.807, 2.05) is 52.5 Å². The van der Waals surface area contributed by atoms with Gasteiger partial charge in [0.1, 0.15) is 36.2 Å². The minimum Gasteiger partial charge on any atom is -1.00 e. The summed E-state index contributed by atoms with van der Waals surface area (Å²) >= 11 is 0. The van der Waals surface area contributed by atoms with Crippen molar-refractivity contribution in [2.45, 2.75) is 0 Å². The highest BCUT2D eigenvalue weighted by atomic mass is 35.5. The molecule has 6 rings (SSSR count). The minimum absolute atomic E-state index is 0. The van der Waals surface area contributed by atoms with Crippen molar-refractivity contribution in [3.05, 3.63) is 84.2 Å². The SMILES string of the molecule is CN(C)c1ccc2nc3cc4nc5ccc(=[N+](C)C)cc5[n+](-c5ccccc5)c4cc3oc2c1.[Cl-].[Cl-]. The molecule has 0 amide bonds. The Bertz CT molecular complexity index is 1810. The molecule has 2 heterocycles. The second kappa shape index (κ2) is 9.72. The van der Waals surface area contributed by atoms with Crippen LogP contribution in [0.3, 0.4) is 0 Å².